The number of carbonyl (C=O) groups is 1. The summed E-state index contributed by atoms with van der Waals surface area (Å²) in [5.41, 5.74) is 2.77. The molecular weight excluding hydrogens is 471 g/mol. The van der Waals surface area contributed by atoms with Crippen molar-refractivity contribution in [3.05, 3.63) is 81.8 Å². The monoisotopic (exact) mass is 492 g/mol. The normalized spacial score (nSPS) is 12.2. The molecule has 0 saturated heterocycles. The zero-order chi connectivity index (χ0) is 23.5. The summed E-state index contributed by atoms with van der Waals surface area (Å²) in [5.74, 6) is 0.255. The lowest BCUT2D eigenvalue weighted by molar-refractivity contribution is -0.122. The van der Waals surface area contributed by atoms with E-state index in [9.17, 15) is 13.2 Å². The molecule has 0 radical (unpaired) electrons. The van der Waals surface area contributed by atoms with Crippen LogP contribution in [-0.4, -0.2) is 20.4 Å². The van der Waals surface area contributed by atoms with Crippen LogP contribution in [-0.2, 0) is 14.8 Å². The number of amides is 1. The molecule has 3 aromatic carbocycles. The van der Waals surface area contributed by atoms with Crippen LogP contribution in [0.2, 0.25) is 10.0 Å². The fourth-order valence-electron chi connectivity index (χ4n) is 3.05. The van der Waals surface area contributed by atoms with E-state index in [1.807, 2.05) is 32.0 Å². The van der Waals surface area contributed by atoms with E-state index < -0.39 is 16.1 Å². The second kappa shape index (κ2) is 9.81. The minimum absolute atomic E-state index is 0.0196. The topological polar surface area (TPSA) is 84.5 Å². The number of nitrogens with one attached hydrogen (secondary N) is 2. The van der Waals surface area contributed by atoms with E-state index in [-0.39, 0.29) is 16.5 Å². The molecule has 9 heteroatoms. The van der Waals surface area contributed by atoms with Crippen LogP contribution in [0.5, 0.6) is 5.75 Å². The Morgan fingerprint density at radius 1 is 0.875 bits per heavy atom. The van der Waals surface area contributed by atoms with Crippen molar-refractivity contribution in [3.8, 4) is 5.75 Å². The largest absolute Gasteiger partial charge is 0.481 e. The number of benzene rings is 3. The van der Waals surface area contributed by atoms with Crippen molar-refractivity contribution in [3.63, 3.8) is 0 Å². The van der Waals surface area contributed by atoms with Gasteiger partial charge in [0.1, 0.15) is 5.75 Å². The third-order valence-electron chi connectivity index (χ3n) is 4.42. The molecule has 1 amide bonds. The molecule has 6 nitrogen and oxygen atoms in total. The number of hydrogen-bond donors (Lipinski definition) is 2. The summed E-state index contributed by atoms with van der Waals surface area (Å²) in [7, 11) is -3.86. The van der Waals surface area contributed by atoms with Gasteiger partial charge in [-0.3, -0.25) is 9.52 Å². The van der Waals surface area contributed by atoms with Crippen molar-refractivity contribution in [1.82, 2.24) is 0 Å². The molecule has 0 bridgehead atoms. The zero-order valence-corrected chi connectivity index (χ0v) is 20.0. The highest BCUT2D eigenvalue weighted by Gasteiger charge is 2.18. The molecule has 2 N–H and O–H groups in total. The maximum atomic E-state index is 12.6. The molecule has 0 saturated carbocycles. The molecule has 0 aliphatic carbocycles. The van der Waals surface area contributed by atoms with Gasteiger partial charge in [-0.05, 0) is 86.5 Å². The standard InChI is InChI=1S/C23H22Cl2N2O4S/c1-14-8-15(2)10-21(9-14)31-16(3)23(28)26-19-4-6-22(7-5-19)32(29,30)27-20-12-17(24)11-18(25)13-20/h4-13,16,27H,1-3H3,(H,26,28)/t16-/m1/s1. The Bertz CT molecular complexity index is 1200. The molecule has 168 valence electrons. The van der Waals surface area contributed by atoms with Crippen LogP contribution in [0, 0.1) is 13.8 Å². The quantitative estimate of drug-likeness (QED) is 0.435. The molecule has 0 unspecified atom stereocenters. The first-order valence-corrected chi connectivity index (χ1v) is 11.9. The fourth-order valence-corrected chi connectivity index (χ4v) is 4.61. The van der Waals surface area contributed by atoms with Crippen molar-refractivity contribution in [2.45, 2.75) is 31.8 Å². The molecule has 0 aliphatic rings. The maximum Gasteiger partial charge on any atom is 0.265 e. The van der Waals surface area contributed by atoms with Crippen LogP contribution in [0.25, 0.3) is 0 Å². The van der Waals surface area contributed by atoms with Gasteiger partial charge in [-0.2, -0.15) is 0 Å². The molecular formula is C23H22Cl2N2O4S. The minimum atomic E-state index is -3.86. The van der Waals surface area contributed by atoms with Gasteiger partial charge >= 0.3 is 0 Å². The Morgan fingerprint density at radius 2 is 1.44 bits per heavy atom. The number of hydrogen-bond acceptors (Lipinski definition) is 4. The van der Waals surface area contributed by atoms with Gasteiger partial charge in [0.2, 0.25) is 0 Å². The minimum Gasteiger partial charge on any atom is -0.481 e. The number of aryl methyl sites for hydroxylation is 2. The highest BCUT2D eigenvalue weighted by molar-refractivity contribution is 7.92. The number of ether oxygens (including phenoxy) is 1. The summed E-state index contributed by atoms with van der Waals surface area (Å²) < 4.78 is 33.4. The lowest BCUT2D eigenvalue weighted by Gasteiger charge is -2.16. The highest BCUT2D eigenvalue weighted by atomic mass is 35.5. The number of sulfonamides is 1. The highest BCUT2D eigenvalue weighted by Crippen LogP contribution is 2.25. The summed E-state index contributed by atoms with van der Waals surface area (Å²) in [5, 5.41) is 3.34. The third-order valence-corrected chi connectivity index (χ3v) is 6.26. The Hall–Kier alpha value is -2.74. The number of anilines is 2. The van der Waals surface area contributed by atoms with Crippen LogP contribution in [0.4, 0.5) is 11.4 Å². The van der Waals surface area contributed by atoms with Crippen molar-refractivity contribution in [1.29, 1.82) is 0 Å². The first-order chi connectivity index (χ1) is 15.0. The smallest absolute Gasteiger partial charge is 0.265 e. The van der Waals surface area contributed by atoms with Gasteiger partial charge in [0.05, 0.1) is 10.6 Å². The Labute approximate surface area is 197 Å². The number of carbonyl (C=O) groups excluding carboxylic acids is 1. The molecule has 0 aliphatic heterocycles. The van der Waals surface area contributed by atoms with E-state index >= 15 is 0 Å². The number of rotatable bonds is 7. The molecule has 3 aromatic rings. The predicted molar refractivity (Wildman–Crippen MR) is 128 cm³/mol. The molecule has 32 heavy (non-hydrogen) atoms. The third kappa shape index (κ3) is 6.38. The van der Waals surface area contributed by atoms with Gasteiger partial charge in [-0.25, -0.2) is 8.42 Å². The average Bonchev–Trinajstić information content (AvgIpc) is 2.66. The predicted octanol–water partition coefficient (Wildman–Crippen LogP) is 5.82. The van der Waals surface area contributed by atoms with E-state index in [2.05, 4.69) is 10.0 Å². The van der Waals surface area contributed by atoms with Gasteiger partial charge in [0.25, 0.3) is 15.9 Å². The van der Waals surface area contributed by atoms with Crippen molar-refractivity contribution in [2.75, 3.05) is 10.0 Å². The summed E-state index contributed by atoms with van der Waals surface area (Å²) in [6.07, 6.45) is -0.742. The van der Waals surface area contributed by atoms with E-state index in [4.69, 9.17) is 27.9 Å². The van der Waals surface area contributed by atoms with Crippen LogP contribution in [0.1, 0.15) is 18.1 Å². The van der Waals surface area contributed by atoms with Crippen molar-refractivity contribution in [2.24, 2.45) is 0 Å². The number of halogens is 2. The second-order valence-electron chi connectivity index (χ2n) is 7.36. The Balaban J connectivity index is 1.66. The van der Waals surface area contributed by atoms with Crippen molar-refractivity contribution < 1.29 is 17.9 Å². The summed E-state index contributed by atoms with van der Waals surface area (Å²) in [6, 6.07) is 15.9. The van der Waals surface area contributed by atoms with E-state index in [1.54, 1.807) is 6.92 Å². The average molecular weight is 493 g/mol. The van der Waals surface area contributed by atoms with Crippen LogP contribution in [0.3, 0.4) is 0 Å². The molecule has 0 aromatic heterocycles. The van der Waals surface area contributed by atoms with E-state index in [1.165, 1.54) is 42.5 Å². The second-order valence-corrected chi connectivity index (χ2v) is 9.92. The first-order valence-electron chi connectivity index (χ1n) is 9.66. The summed E-state index contributed by atoms with van der Waals surface area (Å²) in [6.45, 7) is 5.55. The first kappa shape index (κ1) is 23.9. The lowest BCUT2D eigenvalue weighted by atomic mass is 10.1. The van der Waals surface area contributed by atoms with E-state index in [0.717, 1.165) is 11.1 Å². The van der Waals surface area contributed by atoms with Crippen LogP contribution in [0.15, 0.2) is 65.6 Å². The lowest BCUT2D eigenvalue weighted by Crippen LogP contribution is -2.30. The van der Waals surface area contributed by atoms with E-state index in [0.29, 0.717) is 21.5 Å². The SMILES string of the molecule is Cc1cc(C)cc(O[C@H](C)C(=O)Nc2ccc(S(=O)(=O)Nc3cc(Cl)cc(Cl)c3)cc2)c1. The molecule has 0 heterocycles. The molecule has 3 rings (SSSR count). The zero-order valence-electron chi connectivity index (χ0n) is 17.6. The van der Waals surface area contributed by atoms with Crippen molar-refractivity contribution >= 4 is 50.5 Å². The molecule has 1 atom stereocenters. The van der Waals surface area contributed by atoms with Gasteiger partial charge in [0.15, 0.2) is 6.10 Å². The fraction of sp³-hybridized carbons (Fsp3) is 0.174. The van der Waals surface area contributed by atoms with Crippen LogP contribution < -0.4 is 14.8 Å². The van der Waals surface area contributed by atoms with Gasteiger partial charge in [-0.1, -0.05) is 29.3 Å². The van der Waals surface area contributed by atoms with Crippen LogP contribution >= 0.6 is 23.2 Å². The maximum absolute atomic E-state index is 12.6. The Kier molecular flexibility index (Phi) is 7.33. The van der Waals surface area contributed by atoms with Gasteiger partial charge in [-0.15, -0.1) is 0 Å². The molecule has 0 fully saturated rings. The Morgan fingerprint density at radius 3 is 2.00 bits per heavy atom. The van der Waals surface area contributed by atoms with Gasteiger partial charge < -0.3 is 10.1 Å². The van der Waals surface area contributed by atoms with Gasteiger partial charge in [0, 0.05) is 15.7 Å². The summed E-state index contributed by atoms with van der Waals surface area (Å²) >= 11 is 11.8. The summed E-state index contributed by atoms with van der Waals surface area (Å²) in [4.78, 5) is 12.5. The molecule has 0 spiro atoms.